The quantitative estimate of drug-likeness (QED) is 0.529. The second-order valence-corrected chi connectivity index (χ2v) is 2.91. The lowest BCUT2D eigenvalue weighted by Gasteiger charge is -2.20. The van der Waals surface area contributed by atoms with Crippen molar-refractivity contribution in [2.24, 2.45) is 5.73 Å². The first kappa shape index (κ1) is 8.99. The molecule has 0 aromatic rings. The van der Waals surface area contributed by atoms with E-state index in [9.17, 15) is 9.59 Å². The Labute approximate surface area is 70.1 Å². The van der Waals surface area contributed by atoms with Crippen molar-refractivity contribution >= 4 is 11.8 Å². The van der Waals surface area contributed by atoms with Crippen LogP contribution < -0.4 is 5.73 Å². The topological polar surface area (TPSA) is 83.6 Å². The lowest BCUT2D eigenvalue weighted by Crippen LogP contribution is -2.44. The van der Waals surface area contributed by atoms with E-state index in [1.54, 1.807) is 6.92 Å². The maximum Gasteiger partial charge on any atom is 0.252 e. The summed E-state index contributed by atoms with van der Waals surface area (Å²) in [5.41, 5.74) is 5.01. The molecule has 1 saturated heterocycles. The molecule has 1 heterocycles. The molecule has 0 spiro atoms. The fraction of sp³-hybridized carbons (Fsp3) is 0.714. The molecule has 0 radical (unpaired) electrons. The van der Waals surface area contributed by atoms with Gasteiger partial charge < -0.3 is 15.7 Å². The summed E-state index contributed by atoms with van der Waals surface area (Å²) in [5, 5.41) is 9.06. The number of aliphatic hydroxyl groups is 1. The third kappa shape index (κ3) is 1.40. The van der Waals surface area contributed by atoms with Crippen LogP contribution in [-0.2, 0) is 9.59 Å². The molecule has 3 N–H and O–H groups in total. The van der Waals surface area contributed by atoms with Gasteiger partial charge in [0.05, 0.1) is 0 Å². The van der Waals surface area contributed by atoms with Gasteiger partial charge in [0.25, 0.3) is 5.91 Å². The second kappa shape index (κ2) is 3.10. The molecule has 5 nitrogen and oxygen atoms in total. The number of nitrogens with zero attached hydrogens (tertiary/aromatic N) is 1. The summed E-state index contributed by atoms with van der Waals surface area (Å²) >= 11 is 0. The highest BCUT2D eigenvalue weighted by atomic mass is 16.3. The highest BCUT2D eigenvalue weighted by Gasteiger charge is 2.34. The van der Waals surface area contributed by atoms with Crippen molar-refractivity contribution in [2.45, 2.75) is 25.5 Å². The number of carbonyl (C=O) groups is 2. The average Bonchev–Trinajstić information content (AvgIpc) is 2.32. The second-order valence-electron chi connectivity index (χ2n) is 2.91. The van der Waals surface area contributed by atoms with Crippen LogP contribution >= 0.6 is 0 Å². The molecule has 5 heteroatoms. The number of amides is 2. The van der Waals surface area contributed by atoms with E-state index in [4.69, 9.17) is 10.8 Å². The number of primary amides is 1. The molecule has 0 saturated carbocycles. The van der Waals surface area contributed by atoms with E-state index in [1.165, 1.54) is 4.90 Å². The minimum absolute atomic E-state index is 0.385. The third-order valence-electron chi connectivity index (χ3n) is 2.09. The van der Waals surface area contributed by atoms with E-state index >= 15 is 0 Å². The van der Waals surface area contributed by atoms with Crippen LogP contribution in [0.15, 0.2) is 0 Å². The fourth-order valence-corrected chi connectivity index (χ4v) is 1.22. The highest BCUT2D eigenvalue weighted by Crippen LogP contribution is 2.13. The normalized spacial score (nSPS) is 26.0. The van der Waals surface area contributed by atoms with Gasteiger partial charge in [-0.25, -0.2) is 0 Å². The van der Waals surface area contributed by atoms with E-state index in [2.05, 4.69) is 0 Å². The molecule has 68 valence electrons. The van der Waals surface area contributed by atoms with Crippen molar-refractivity contribution in [3.05, 3.63) is 0 Å². The van der Waals surface area contributed by atoms with Gasteiger partial charge in [0.1, 0.15) is 12.1 Å². The van der Waals surface area contributed by atoms with Crippen LogP contribution in [0.4, 0.5) is 0 Å². The first-order valence-corrected chi connectivity index (χ1v) is 3.82. The van der Waals surface area contributed by atoms with Gasteiger partial charge >= 0.3 is 0 Å². The summed E-state index contributed by atoms with van der Waals surface area (Å²) in [7, 11) is 0. The molecule has 2 unspecified atom stereocenters. The number of rotatable bonds is 2. The maximum atomic E-state index is 11.1. The van der Waals surface area contributed by atoms with E-state index < -0.39 is 24.0 Å². The molecule has 12 heavy (non-hydrogen) atoms. The Balaban J connectivity index is 2.65. The van der Waals surface area contributed by atoms with Crippen LogP contribution in [0.2, 0.25) is 0 Å². The van der Waals surface area contributed by atoms with Gasteiger partial charge in [-0.3, -0.25) is 9.59 Å². The zero-order valence-corrected chi connectivity index (χ0v) is 6.86. The molecule has 1 aliphatic heterocycles. The molecule has 1 aliphatic rings. The largest absolute Gasteiger partial charge is 0.383 e. The summed E-state index contributed by atoms with van der Waals surface area (Å²) in [5.74, 6) is -0.946. The van der Waals surface area contributed by atoms with Crippen LogP contribution in [0.25, 0.3) is 0 Å². The lowest BCUT2D eigenvalue weighted by molar-refractivity contribution is -0.140. The van der Waals surface area contributed by atoms with Crippen molar-refractivity contribution < 1.29 is 14.7 Å². The zero-order chi connectivity index (χ0) is 9.30. The molecule has 0 aromatic carbocycles. The molecule has 0 aromatic heterocycles. The van der Waals surface area contributed by atoms with E-state index in [1.807, 2.05) is 0 Å². The van der Waals surface area contributed by atoms with Crippen molar-refractivity contribution in [2.75, 3.05) is 6.54 Å². The summed E-state index contributed by atoms with van der Waals surface area (Å²) in [6.45, 7) is 1.96. The predicted octanol–water partition coefficient (Wildman–Crippen LogP) is -1.55. The summed E-state index contributed by atoms with van der Waals surface area (Å²) in [6, 6.07) is -0.616. The van der Waals surface area contributed by atoms with E-state index in [-0.39, 0.29) is 0 Å². The Hall–Kier alpha value is -1.10. The van der Waals surface area contributed by atoms with Gasteiger partial charge in [-0.15, -0.1) is 0 Å². The van der Waals surface area contributed by atoms with E-state index in [0.29, 0.717) is 13.0 Å². The number of carbonyl (C=O) groups excluding carboxylic acids is 2. The molecular weight excluding hydrogens is 160 g/mol. The van der Waals surface area contributed by atoms with Crippen LogP contribution in [0, 0.1) is 0 Å². The Morgan fingerprint density at radius 1 is 1.83 bits per heavy atom. The summed E-state index contributed by atoms with van der Waals surface area (Å²) < 4.78 is 0. The molecule has 2 atom stereocenters. The van der Waals surface area contributed by atoms with Crippen LogP contribution in [0.1, 0.15) is 13.3 Å². The first-order valence-electron chi connectivity index (χ1n) is 3.82. The molecule has 1 fully saturated rings. The Morgan fingerprint density at radius 3 is 2.75 bits per heavy atom. The van der Waals surface area contributed by atoms with Gasteiger partial charge in [-0.05, 0) is 13.3 Å². The van der Waals surface area contributed by atoms with Crippen LogP contribution in [-0.4, -0.2) is 40.5 Å². The molecule has 0 aliphatic carbocycles. The van der Waals surface area contributed by atoms with Gasteiger partial charge in [0.15, 0.2) is 0 Å². The standard InChI is InChI=1S/C7H12N2O3/c1-4(6(8)11)9-3-2-5(10)7(9)12/h4-5,10H,2-3H2,1H3,(H2,8,11). The number of nitrogens with two attached hydrogens (primary N) is 1. The van der Waals surface area contributed by atoms with Crippen LogP contribution in [0.5, 0.6) is 0 Å². The molecular formula is C7H12N2O3. The summed E-state index contributed by atoms with van der Waals surface area (Å²) in [6.07, 6.45) is -0.567. The van der Waals surface area contributed by atoms with Gasteiger partial charge in [-0.2, -0.15) is 0 Å². The Bertz CT molecular complexity index is 217. The Morgan fingerprint density at radius 2 is 2.42 bits per heavy atom. The monoisotopic (exact) mass is 172 g/mol. The summed E-state index contributed by atoms with van der Waals surface area (Å²) in [4.78, 5) is 23.1. The zero-order valence-electron chi connectivity index (χ0n) is 6.86. The fourth-order valence-electron chi connectivity index (χ4n) is 1.22. The first-order chi connectivity index (χ1) is 5.54. The van der Waals surface area contributed by atoms with Crippen molar-refractivity contribution in [1.82, 2.24) is 4.90 Å². The molecule has 1 rings (SSSR count). The lowest BCUT2D eigenvalue weighted by atomic mass is 10.3. The molecule has 2 amide bonds. The maximum absolute atomic E-state index is 11.1. The number of likely N-dealkylation sites (tertiary alicyclic amines) is 1. The van der Waals surface area contributed by atoms with E-state index in [0.717, 1.165) is 0 Å². The van der Waals surface area contributed by atoms with Gasteiger partial charge in [0.2, 0.25) is 5.91 Å². The number of aliphatic hydroxyl groups excluding tert-OH is 1. The van der Waals surface area contributed by atoms with Gasteiger partial charge in [0, 0.05) is 6.54 Å². The third-order valence-corrected chi connectivity index (χ3v) is 2.09. The highest BCUT2D eigenvalue weighted by molar-refractivity contribution is 5.89. The number of hydrogen-bond acceptors (Lipinski definition) is 3. The molecule has 0 bridgehead atoms. The smallest absolute Gasteiger partial charge is 0.252 e. The minimum atomic E-state index is -0.952. The minimum Gasteiger partial charge on any atom is -0.383 e. The van der Waals surface area contributed by atoms with Crippen LogP contribution in [0.3, 0.4) is 0 Å². The number of hydrogen-bond donors (Lipinski definition) is 2. The van der Waals surface area contributed by atoms with Crippen molar-refractivity contribution in [3.63, 3.8) is 0 Å². The predicted molar refractivity (Wildman–Crippen MR) is 41.0 cm³/mol. The SMILES string of the molecule is CC(C(N)=O)N1CCC(O)C1=O. The van der Waals surface area contributed by atoms with Crippen molar-refractivity contribution in [3.8, 4) is 0 Å². The average molecular weight is 172 g/mol. The Kier molecular flexibility index (Phi) is 2.32. The van der Waals surface area contributed by atoms with Gasteiger partial charge in [-0.1, -0.05) is 0 Å². The van der Waals surface area contributed by atoms with Crippen molar-refractivity contribution in [1.29, 1.82) is 0 Å².